The summed E-state index contributed by atoms with van der Waals surface area (Å²) in [6.45, 7) is 6.22. The Morgan fingerprint density at radius 3 is 2.62 bits per heavy atom. The Morgan fingerprint density at radius 2 is 2.10 bits per heavy atom. The van der Waals surface area contributed by atoms with Gasteiger partial charge in [0.2, 0.25) is 11.8 Å². The van der Waals surface area contributed by atoms with Crippen molar-refractivity contribution >= 4 is 18.5 Å². The molecule has 0 aliphatic carbocycles. The van der Waals surface area contributed by atoms with Gasteiger partial charge in [-0.05, 0) is 51.7 Å². The third-order valence-electron chi connectivity index (χ3n) is 4.74. The van der Waals surface area contributed by atoms with Gasteiger partial charge in [0.25, 0.3) is 6.43 Å². The first-order chi connectivity index (χ1) is 13.9. The summed E-state index contributed by atoms with van der Waals surface area (Å²) >= 11 is 1.13. The summed E-state index contributed by atoms with van der Waals surface area (Å²) in [7, 11) is 0. The van der Waals surface area contributed by atoms with Gasteiger partial charge in [-0.25, -0.2) is 13.8 Å². The van der Waals surface area contributed by atoms with E-state index in [9.17, 15) is 18.1 Å². The maximum atomic E-state index is 13.3. The SMILES string of the molecule is C=N/C(=C(\SC)C(CN=O)N1CCC(COc2cc(F)nc(C)n2)CC1)C(F)F. The number of ether oxygens (including phenoxy) is 1. The quantitative estimate of drug-likeness (QED) is 0.319. The van der Waals surface area contributed by atoms with Crippen LogP contribution in [0.1, 0.15) is 18.7 Å². The number of allylic oxidation sites excluding steroid dienone is 1. The molecule has 0 radical (unpaired) electrons. The molecular weight excluding hydrogens is 407 g/mol. The maximum absolute atomic E-state index is 13.3. The van der Waals surface area contributed by atoms with Crippen LogP contribution in [0.25, 0.3) is 0 Å². The van der Waals surface area contributed by atoms with Gasteiger partial charge in [-0.3, -0.25) is 9.89 Å². The molecule has 0 aromatic carbocycles. The third kappa shape index (κ3) is 6.49. The Bertz CT molecular complexity index is 722. The highest BCUT2D eigenvalue weighted by molar-refractivity contribution is 8.02. The molecule has 0 spiro atoms. The highest BCUT2D eigenvalue weighted by atomic mass is 32.2. The summed E-state index contributed by atoms with van der Waals surface area (Å²) in [5.74, 6) is 0.0320. The van der Waals surface area contributed by atoms with Crippen molar-refractivity contribution in [3.05, 3.63) is 33.3 Å². The van der Waals surface area contributed by atoms with Gasteiger partial charge in [0.1, 0.15) is 18.1 Å². The molecule has 1 aromatic heterocycles. The fraction of sp³-hybridized carbons (Fsp3) is 0.611. The first-order valence-corrected chi connectivity index (χ1v) is 10.3. The Labute approximate surface area is 171 Å². The number of aliphatic imine (C=N–C) groups is 1. The van der Waals surface area contributed by atoms with E-state index in [1.807, 2.05) is 4.90 Å². The van der Waals surface area contributed by atoms with Crippen LogP contribution >= 0.6 is 11.8 Å². The van der Waals surface area contributed by atoms with Crippen molar-refractivity contribution in [1.29, 1.82) is 0 Å². The average molecular weight is 431 g/mol. The zero-order valence-corrected chi connectivity index (χ0v) is 17.2. The molecule has 0 amide bonds. The smallest absolute Gasteiger partial charge is 0.281 e. The molecule has 1 aliphatic rings. The van der Waals surface area contributed by atoms with Gasteiger partial charge in [-0.15, -0.1) is 11.8 Å². The third-order valence-corrected chi connectivity index (χ3v) is 5.66. The van der Waals surface area contributed by atoms with E-state index >= 15 is 0 Å². The number of aryl methyl sites for hydroxylation is 1. The van der Waals surface area contributed by atoms with Gasteiger partial charge < -0.3 is 4.74 Å². The standard InChI is InChI=1S/C18H24F3N5O2S/c1-11-24-14(19)8-15(25-11)28-10-12-4-6-26(7-5-12)13(9-23-27)17(29-3)16(22-2)18(20)21/h8,12-13,18H,2,4-7,9-10H2,1,3H3/b17-16-. The number of thioether (sulfide) groups is 1. The summed E-state index contributed by atoms with van der Waals surface area (Å²) in [6, 6.07) is 0.579. The van der Waals surface area contributed by atoms with Crippen LogP contribution in [0.3, 0.4) is 0 Å². The van der Waals surface area contributed by atoms with Crippen LogP contribution in [0.15, 0.2) is 26.8 Å². The summed E-state index contributed by atoms with van der Waals surface area (Å²) in [6.07, 6.45) is 0.362. The molecule has 1 atom stereocenters. The van der Waals surface area contributed by atoms with Crippen molar-refractivity contribution in [1.82, 2.24) is 14.9 Å². The highest BCUT2D eigenvalue weighted by Gasteiger charge is 2.31. The largest absolute Gasteiger partial charge is 0.477 e. The van der Waals surface area contributed by atoms with E-state index in [1.165, 1.54) is 0 Å². The number of likely N-dealkylation sites (tertiary alicyclic amines) is 1. The molecule has 2 heterocycles. The zero-order valence-electron chi connectivity index (χ0n) is 16.4. The normalized spacial score (nSPS) is 17.7. The Kier molecular flexibility index (Phi) is 9.02. The topological polar surface area (TPSA) is 80.0 Å². The number of piperidine rings is 1. The second-order valence-corrected chi connectivity index (χ2v) is 7.45. The summed E-state index contributed by atoms with van der Waals surface area (Å²) in [5.41, 5.74) is -0.405. The monoisotopic (exact) mass is 431 g/mol. The van der Waals surface area contributed by atoms with Gasteiger partial charge in [0.05, 0.1) is 18.7 Å². The predicted octanol–water partition coefficient (Wildman–Crippen LogP) is 3.69. The van der Waals surface area contributed by atoms with E-state index in [4.69, 9.17) is 4.74 Å². The molecule has 7 nitrogen and oxygen atoms in total. The molecule has 1 saturated heterocycles. The van der Waals surface area contributed by atoms with Crippen molar-refractivity contribution in [3.8, 4) is 5.88 Å². The number of rotatable bonds is 10. The average Bonchev–Trinajstić information content (AvgIpc) is 2.68. The number of nitroso groups, excluding NO2 is 1. The molecule has 0 bridgehead atoms. The lowest BCUT2D eigenvalue weighted by molar-refractivity contribution is 0.119. The van der Waals surface area contributed by atoms with Crippen molar-refractivity contribution in [2.24, 2.45) is 16.1 Å². The van der Waals surface area contributed by atoms with E-state index < -0.39 is 24.1 Å². The molecule has 0 N–H and O–H groups in total. The van der Waals surface area contributed by atoms with Gasteiger partial charge in [-0.2, -0.15) is 14.3 Å². The minimum atomic E-state index is -2.77. The molecule has 160 valence electrons. The fourth-order valence-electron chi connectivity index (χ4n) is 3.31. The summed E-state index contributed by atoms with van der Waals surface area (Å²) in [5, 5.41) is 2.95. The van der Waals surface area contributed by atoms with Gasteiger partial charge in [0, 0.05) is 4.91 Å². The molecule has 11 heteroatoms. The van der Waals surface area contributed by atoms with E-state index in [-0.39, 0.29) is 18.3 Å². The Morgan fingerprint density at radius 1 is 1.41 bits per heavy atom. The second kappa shape index (κ2) is 11.2. The second-order valence-electron chi connectivity index (χ2n) is 6.61. The van der Waals surface area contributed by atoms with Crippen molar-refractivity contribution in [2.75, 3.05) is 32.5 Å². The lowest BCUT2D eigenvalue weighted by Gasteiger charge is -2.37. The van der Waals surface area contributed by atoms with Crippen LogP contribution in [0, 0.1) is 23.7 Å². The van der Waals surface area contributed by atoms with E-state index in [0.29, 0.717) is 30.4 Å². The van der Waals surface area contributed by atoms with Crippen molar-refractivity contribution in [2.45, 2.75) is 32.2 Å². The number of aromatic nitrogens is 2. The zero-order chi connectivity index (χ0) is 21.4. The molecule has 29 heavy (non-hydrogen) atoms. The van der Waals surface area contributed by atoms with E-state index in [0.717, 1.165) is 30.7 Å². The molecule has 1 fully saturated rings. The number of nitrogens with zero attached hydrogens (tertiary/aromatic N) is 5. The number of halogens is 3. The molecule has 1 unspecified atom stereocenters. The minimum Gasteiger partial charge on any atom is -0.477 e. The minimum absolute atomic E-state index is 0.136. The fourth-order valence-corrected chi connectivity index (χ4v) is 4.17. The number of hydrogen-bond acceptors (Lipinski definition) is 8. The highest BCUT2D eigenvalue weighted by Crippen LogP contribution is 2.31. The molecule has 2 rings (SSSR count). The number of alkyl halides is 2. The van der Waals surface area contributed by atoms with Crippen LogP contribution in [-0.4, -0.2) is 66.5 Å². The van der Waals surface area contributed by atoms with Crippen LogP contribution in [0.5, 0.6) is 5.88 Å². The van der Waals surface area contributed by atoms with E-state index in [1.54, 1.807) is 13.2 Å². The van der Waals surface area contributed by atoms with Crippen LogP contribution in [-0.2, 0) is 0 Å². The lowest BCUT2D eigenvalue weighted by Crippen LogP contribution is -2.44. The number of hydrogen-bond donors (Lipinski definition) is 0. The van der Waals surface area contributed by atoms with Gasteiger partial charge in [-0.1, -0.05) is 5.18 Å². The Balaban J connectivity index is 2.01. The lowest BCUT2D eigenvalue weighted by atomic mass is 9.96. The first kappa shape index (κ1) is 23.3. The van der Waals surface area contributed by atoms with Gasteiger partial charge >= 0.3 is 0 Å². The van der Waals surface area contributed by atoms with Crippen molar-refractivity contribution in [3.63, 3.8) is 0 Å². The van der Waals surface area contributed by atoms with Crippen LogP contribution in [0.2, 0.25) is 0 Å². The summed E-state index contributed by atoms with van der Waals surface area (Å²) < 4.78 is 45.5. The van der Waals surface area contributed by atoms with Crippen molar-refractivity contribution < 1.29 is 17.9 Å². The predicted molar refractivity (Wildman–Crippen MR) is 107 cm³/mol. The van der Waals surface area contributed by atoms with E-state index in [2.05, 4.69) is 26.9 Å². The molecule has 0 saturated carbocycles. The van der Waals surface area contributed by atoms with Crippen LogP contribution < -0.4 is 4.74 Å². The van der Waals surface area contributed by atoms with Gasteiger partial charge in [0.15, 0.2) is 0 Å². The molecular formula is C18H24F3N5O2S. The molecule has 1 aliphatic heterocycles. The molecule has 1 aromatic rings. The summed E-state index contributed by atoms with van der Waals surface area (Å²) in [4.78, 5) is 24.3. The van der Waals surface area contributed by atoms with Crippen LogP contribution in [0.4, 0.5) is 13.2 Å². The Hall–Kier alpha value is -2.01. The maximum Gasteiger partial charge on any atom is 0.281 e. The first-order valence-electron chi connectivity index (χ1n) is 9.09.